The van der Waals surface area contributed by atoms with Gasteiger partial charge in [-0.25, -0.2) is 4.98 Å². The molecule has 1 heterocycles. The van der Waals surface area contributed by atoms with Crippen LogP contribution in [0, 0.1) is 0 Å². The minimum Gasteiger partial charge on any atom is -0.496 e. The fraction of sp³-hybridized carbons (Fsp3) is 0.160. The summed E-state index contributed by atoms with van der Waals surface area (Å²) in [5.74, 6) is 2.58. The Morgan fingerprint density at radius 3 is 1.97 bits per heavy atom. The van der Waals surface area contributed by atoms with Gasteiger partial charge in [-0.15, -0.1) is 0 Å². The van der Waals surface area contributed by atoms with Gasteiger partial charge in [0.15, 0.2) is 0 Å². The summed E-state index contributed by atoms with van der Waals surface area (Å²) in [5, 5.41) is 7.99. The Balaban J connectivity index is 1.50. The first-order chi connectivity index (χ1) is 14.8. The molecular weight excluding hydrogens is 374 g/mol. The molecule has 152 valence electrons. The number of anilines is 2. The van der Waals surface area contributed by atoms with Gasteiger partial charge in [0.05, 0.1) is 19.7 Å². The SMILES string of the molecule is COc1ccccc1CNc1ccc2c(NCc3ccccc3OC)cccc2n1. The number of methoxy groups -OCH3 is 2. The summed E-state index contributed by atoms with van der Waals surface area (Å²) in [7, 11) is 3.38. The number of rotatable bonds is 8. The second kappa shape index (κ2) is 9.18. The zero-order valence-corrected chi connectivity index (χ0v) is 17.2. The van der Waals surface area contributed by atoms with Crippen molar-refractivity contribution in [3.05, 3.63) is 90.0 Å². The number of aromatic nitrogens is 1. The molecule has 0 saturated heterocycles. The summed E-state index contributed by atoms with van der Waals surface area (Å²) in [6.45, 7) is 1.32. The molecule has 0 aliphatic heterocycles. The molecule has 0 saturated carbocycles. The first-order valence-electron chi connectivity index (χ1n) is 9.90. The summed E-state index contributed by atoms with van der Waals surface area (Å²) >= 11 is 0. The number of hydrogen-bond donors (Lipinski definition) is 2. The average molecular weight is 399 g/mol. The van der Waals surface area contributed by atoms with E-state index >= 15 is 0 Å². The Morgan fingerprint density at radius 1 is 0.667 bits per heavy atom. The first-order valence-corrected chi connectivity index (χ1v) is 9.90. The van der Waals surface area contributed by atoms with E-state index in [-0.39, 0.29) is 0 Å². The third kappa shape index (κ3) is 4.30. The van der Waals surface area contributed by atoms with Crippen LogP contribution in [-0.4, -0.2) is 19.2 Å². The van der Waals surface area contributed by atoms with Gasteiger partial charge >= 0.3 is 0 Å². The van der Waals surface area contributed by atoms with Crippen molar-refractivity contribution in [1.29, 1.82) is 0 Å². The maximum atomic E-state index is 5.45. The van der Waals surface area contributed by atoms with E-state index in [1.807, 2.05) is 60.7 Å². The Kier molecular flexibility index (Phi) is 5.99. The quantitative estimate of drug-likeness (QED) is 0.411. The van der Waals surface area contributed by atoms with Crippen molar-refractivity contribution >= 4 is 22.4 Å². The van der Waals surface area contributed by atoms with E-state index in [0.29, 0.717) is 13.1 Å². The van der Waals surface area contributed by atoms with Crippen molar-refractivity contribution in [1.82, 2.24) is 4.98 Å². The summed E-state index contributed by atoms with van der Waals surface area (Å²) < 4.78 is 10.9. The lowest BCUT2D eigenvalue weighted by Crippen LogP contribution is -2.04. The van der Waals surface area contributed by atoms with Crippen molar-refractivity contribution in [2.45, 2.75) is 13.1 Å². The molecule has 3 aromatic carbocycles. The number of benzene rings is 3. The number of hydrogen-bond acceptors (Lipinski definition) is 5. The predicted molar refractivity (Wildman–Crippen MR) is 122 cm³/mol. The molecule has 2 N–H and O–H groups in total. The predicted octanol–water partition coefficient (Wildman–Crippen LogP) is 5.48. The molecule has 1 aromatic heterocycles. The molecule has 0 radical (unpaired) electrons. The topological polar surface area (TPSA) is 55.4 Å². The van der Waals surface area contributed by atoms with E-state index in [0.717, 1.165) is 45.0 Å². The third-order valence-electron chi connectivity index (χ3n) is 5.05. The van der Waals surface area contributed by atoms with Gasteiger partial charge in [-0.05, 0) is 36.4 Å². The van der Waals surface area contributed by atoms with E-state index in [1.54, 1.807) is 14.2 Å². The van der Waals surface area contributed by atoms with Crippen molar-refractivity contribution < 1.29 is 9.47 Å². The van der Waals surface area contributed by atoms with Gasteiger partial charge in [-0.2, -0.15) is 0 Å². The molecule has 0 aliphatic carbocycles. The van der Waals surface area contributed by atoms with Crippen molar-refractivity contribution in [3.8, 4) is 11.5 Å². The molecule has 0 spiro atoms. The Hall–Kier alpha value is -3.73. The van der Waals surface area contributed by atoms with Crippen LogP contribution in [0.5, 0.6) is 11.5 Å². The average Bonchev–Trinajstić information content (AvgIpc) is 2.81. The highest BCUT2D eigenvalue weighted by molar-refractivity contribution is 5.92. The Morgan fingerprint density at radius 2 is 1.30 bits per heavy atom. The lowest BCUT2D eigenvalue weighted by atomic mass is 10.1. The van der Waals surface area contributed by atoms with Crippen LogP contribution >= 0.6 is 0 Å². The molecule has 0 unspecified atom stereocenters. The standard InChI is InChI=1S/C25H25N3O2/c1-29-23-12-5-3-8-18(23)16-26-21-10-7-11-22-20(21)14-15-25(28-22)27-17-19-9-4-6-13-24(19)30-2/h3-15,26H,16-17H2,1-2H3,(H,27,28). The third-order valence-corrected chi connectivity index (χ3v) is 5.05. The number of ether oxygens (including phenoxy) is 2. The fourth-order valence-corrected chi connectivity index (χ4v) is 3.48. The van der Waals surface area contributed by atoms with Crippen LogP contribution in [0.15, 0.2) is 78.9 Å². The minimum atomic E-state index is 0.647. The van der Waals surface area contributed by atoms with Gasteiger partial charge in [-0.3, -0.25) is 0 Å². The van der Waals surface area contributed by atoms with Crippen molar-refractivity contribution in [3.63, 3.8) is 0 Å². The van der Waals surface area contributed by atoms with Crippen LogP contribution in [0.2, 0.25) is 0 Å². The van der Waals surface area contributed by atoms with E-state index in [2.05, 4.69) is 28.8 Å². The van der Waals surface area contributed by atoms with Crippen LogP contribution in [-0.2, 0) is 13.1 Å². The molecule has 4 aromatic rings. The van der Waals surface area contributed by atoms with Crippen molar-refractivity contribution in [2.75, 3.05) is 24.9 Å². The summed E-state index contributed by atoms with van der Waals surface area (Å²) in [5.41, 5.74) is 4.18. The monoisotopic (exact) mass is 399 g/mol. The molecule has 5 heteroatoms. The van der Waals surface area contributed by atoms with Gasteiger partial charge in [0.25, 0.3) is 0 Å². The van der Waals surface area contributed by atoms with Crippen LogP contribution in [0.3, 0.4) is 0 Å². The first kappa shape index (κ1) is 19.6. The van der Waals surface area contributed by atoms with Gasteiger partial charge < -0.3 is 20.1 Å². The largest absolute Gasteiger partial charge is 0.496 e. The number of nitrogens with one attached hydrogen (secondary N) is 2. The number of para-hydroxylation sites is 2. The lowest BCUT2D eigenvalue weighted by Gasteiger charge is -2.13. The van der Waals surface area contributed by atoms with Crippen LogP contribution < -0.4 is 20.1 Å². The second-order valence-electron chi connectivity index (χ2n) is 6.90. The number of nitrogens with zero attached hydrogens (tertiary/aromatic N) is 1. The molecule has 30 heavy (non-hydrogen) atoms. The van der Waals surface area contributed by atoms with Gasteiger partial charge in [-0.1, -0.05) is 42.5 Å². The lowest BCUT2D eigenvalue weighted by molar-refractivity contribution is 0.410. The molecule has 0 atom stereocenters. The zero-order chi connectivity index (χ0) is 20.8. The molecule has 0 aliphatic rings. The number of pyridine rings is 1. The van der Waals surface area contributed by atoms with E-state index < -0.39 is 0 Å². The molecule has 0 fully saturated rings. The zero-order valence-electron chi connectivity index (χ0n) is 17.2. The summed E-state index contributed by atoms with van der Waals surface area (Å²) in [4.78, 5) is 4.78. The second-order valence-corrected chi connectivity index (χ2v) is 6.90. The van der Waals surface area contributed by atoms with E-state index in [9.17, 15) is 0 Å². The van der Waals surface area contributed by atoms with Gasteiger partial charge in [0.2, 0.25) is 0 Å². The van der Waals surface area contributed by atoms with Crippen LogP contribution in [0.1, 0.15) is 11.1 Å². The highest BCUT2D eigenvalue weighted by Gasteiger charge is 2.07. The van der Waals surface area contributed by atoms with E-state index in [1.165, 1.54) is 0 Å². The van der Waals surface area contributed by atoms with Crippen molar-refractivity contribution in [2.24, 2.45) is 0 Å². The normalized spacial score (nSPS) is 10.6. The van der Waals surface area contributed by atoms with Crippen LogP contribution in [0.25, 0.3) is 10.9 Å². The molecule has 5 nitrogen and oxygen atoms in total. The Labute approximate surface area is 176 Å². The highest BCUT2D eigenvalue weighted by atomic mass is 16.5. The molecule has 0 amide bonds. The molecule has 4 rings (SSSR count). The number of fused-ring (bicyclic) bond motifs is 1. The minimum absolute atomic E-state index is 0.647. The molecule has 0 bridgehead atoms. The van der Waals surface area contributed by atoms with Crippen LogP contribution in [0.4, 0.5) is 11.5 Å². The Bertz CT molecular complexity index is 1140. The summed E-state index contributed by atoms with van der Waals surface area (Å²) in [6, 6.07) is 26.2. The van der Waals surface area contributed by atoms with Gasteiger partial charge in [0, 0.05) is 35.3 Å². The highest BCUT2D eigenvalue weighted by Crippen LogP contribution is 2.26. The maximum Gasteiger partial charge on any atom is 0.126 e. The fourth-order valence-electron chi connectivity index (χ4n) is 3.48. The smallest absolute Gasteiger partial charge is 0.126 e. The maximum absolute atomic E-state index is 5.45. The molecular formula is C25H25N3O2. The summed E-state index contributed by atoms with van der Waals surface area (Å²) in [6.07, 6.45) is 0. The van der Waals surface area contributed by atoms with E-state index in [4.69, 9.17) is 14.5 Å². The van der Waals surface area contributed by atoms with Gasteiger partial charge in [0.1, 0.15) is 17.3 Å².